The molecule has 0 aromatic heterocycles. The van der Waals surface area contributed by atoms with Crippen LogP contribution in [-0.2, 0) is 0 Å². The van der Waals surface area contributed by atoms with Crippen molar-refractivity contribution in [2.45, 2.75) is 18.3 Å². The Morgan fingerprint density at radius 1 is 1.36 bits per heavy atom. The molecular weight excluding hydrogens is 174 g/mol. The minimum Gasteiger partial charge on any atom is -0.366 e. The predicted molar refractivity (Wildman–Crippen MR) is 52.0 cm³/mol. The fourth-order valence-corrected chi connectivity index (χ4v) is 3.63. The lowest BCUT2D eigenvalue weighted by Gasteiger charge is -2.26. The number of amides is 1. The van der Waals surface area contributed by atoms with Gasteiger partial charge in [-0.15, -0.1) is 0 Å². The maximum Gasteiger partial charge on any atom is 0.248 e. The Morgan fingerprint density at radius 3 is 3.00 bits per heavy atom. The van der Waals surface area contributed by atoms with Crippen molar-refractivity contribution in [2.24, 2.45) is 17.6 Å². The summed E-state index contributed by atoms with van der Waals surface area (Å²) >= 11 is 0. The van der Waals surface area contributed by atoms with Crippen LogP contribution in [0.2, 0.25) is 0 Å². The molecule has 70 valence electrons. The summed E-state index contributed by atoms with van der Waals surface area (Å²) < 4.78 is 0. The summed E-state index contributed by atoms with van der Waals surface area (Å²) in [4.78, 5) is 11.0. The topological polar surface area (TPSA) is 43.1 Å². The van der Waals surface area contributed by atoms with Gasteiger partial charge in [-0.2, -0.15) is 0 Å². The number of hydrogen-bond acceptors (Lipinski definition) is 1. The average Bonchev–Trinajstić information content (AvgIpc) is 2.62. The third kappa shape index (κ3) is 0.578. The SMILES string of the molecule is NC(=O)c1ccc2c(c1)[C@@H]1C[C@H]3[C@@H]2[C@H]31. The smallest absolute Gasteiger partial charge is 0.248 e. The van der Waals surface area contributed by atoms with Crippen molar-refractivity contribution >= 4 is 5.91 Å². The number of carbonyl (C=O) groups is 1. The lowest BCUT2D eigenvalue weighted by molar-refractivity contribution is 0.1000. The molecular formula is C12H11NO. The molecule has 0 radical (unpaired) electrons. The summed E-state index contributed by atoms with van der Waals surface area (Å²) in [7, 11) is 0. The van der Waals surface area contributed by atoms with E-state index in [-0.39, 0.29) is 5.91 Å². The van der Waals surface area contributed by atoms with Crippen LogP contribution in [0.25, 0.3) is 0 Å². The number of benzene rings is 1. The molecule has 2 fully saturated rings. The molecule has 4 rings (SSSR count). The van der Waals surface area contributed by atoms with E-state index in [1.54, 1.807) is 0 Å². The van der Waals surface area contributed by atoms with Gasteiger partial charge >= 0.3 is 0 Å². The molecule has 14 heavy (non-hydrogen) atoms. The van der Waals surface area contributed by atoms with Gasteiger partial charge in [-0.25, -0.2) is 0 Å². The number of fused-ring (bicyclic) bond motifs is 4. The second-order valence-corrected chi connectivity index (χ2v) is 4.82. The molecule has 3 aliphatic carbocycles. The van der Waals surface area contributed by atoms with Crippen LogP contribution in [-0.4, -0.2) is 5.91 Å². The van der Waals surface area contributed by atoms with Crippen molar-refractivity contribution in [3.8, 4) is 0 Å². The third-order valence-corrected chi connectivity index (χ3v) is 4.35. The highest BCUT2D eigenvalue weighted by Gasteiger charge is 2.68. The summed E-state index contributed by atoms with van der Waals surface area (Å²) in [6.07, 6.45) is 1.35. The van der Waals surface area contributed by atoms with Crippen LogP contribution in [0.1, 0.15) is 39.7 Å². The van der Waals surface area contributed by atoms with Crippen LogP contribution in [0, 0.1) is 11.8 Å². The Balaban J connectivity index is 1.90. The second kappa shape index (κ2) is 1.88. The van der Waals surface area contributed by atoms with Gasteiger partial charge in [0.15, 0.2) is 0 Å². The predicted octanol–water partition coefficient (Wildman–Crippen LogP) is 1.62. The number of primary amides is 1. The van der Waals surface area contributed by atoms with Crippen LogP contribution < -0.4 is 5.73 Å². The van der Waals surface area contributed by atoms with Crippen molar-refractivity contribution in [3.05, 3.63) is 34.9 Å². The van der Waals surface area contributed by atoms with Gasteiger partial charge in [0.25, 0.3) is 0 Å². The van der Waals surface area contributed by atoms with E-state index in [9.17, 15) is 4.79 Å². The second-order valence-electron chi connectivity index (χ2n) is 4.82. The summed E-state index contributed by atoms with van der Waals surface area (Å²) in [5.41, 5.74) is 8.86. The molecule has 0 saturated heterocycles. The Labute approximate surface area is 82.1 Å². The highest BCUT2D eigenvalue weighted by atomic mass is 16.1. The number of hydrogen-bond donors (Lipinski definition) is 1. The molecule has 0 heterocycles. The average molecular weight is 185 g/mol. The molecule has 0 spiro atoms. The van der Waals surface area contributed by atoms with Gasteiger partial charge in [-0.3, -0.25) is 4.79 Å². The summed E-state index contributed by atoms with van der Waals surface area (Å²) in [6, 6.07) is 6.01. The zero-order valence-electron chi connectivity index (χ0n) is 7.73. The Morgan fingerprint density at radius 2 is 2.21 bits per heavy atom. The first-order valence-corrected chi connectivity index (χ1v) is 5.21. The first-order valence-electron chi connectivity index (χ1n) is 5.21. The molecule has 2 nitrogen and oxygen atoms in total. The fraction of sp³-hybridized carbons (Fsp3) is 0.417. The van der Waals surface area contributed by atoms with Crippen molar-refractivity contribution < 1.29 is 4.79 Å². The zero-order chi connectivity index (χ0) is 9.45. The van der Waals surface area contributed by atoms with Crippen LogP contribution in [0.4, 0.5) is 0 Å². The van der Waals surface area contributed by atoms with Gasteiger partial charge in [0, 0.05) is 5.56 Å². The van der Waals surface area contributed by atoms with E-state index in [1.165, 1.54) is 17.5 Å². The van der Waals surface area contributed by atoms with Gasteiger partial charge in [0.2, 0.25) is 5.91 Å². The van der Waals surface area contributed by atoms with E-state index in [1.807, 2.05) is 12.1 Å². The fourth-order valence-electron chi connectivity index (χ4n) is 3.63. The van der Waals surface area contributed by atoms with Gasteiger partial charge in [-0.1, -0.05) is 6.07 Å². The number of rotatable bonds is 1. The normalized spacial score (nSPS) is 39.7. The van der Waals surface area contributed by atoms with Crippen LogP contribution in [0.15, 0.2) is 18.2 Å². The van der Waals surface area contributed by atoms with Crippen molar-refractivity contribution in [3.63, 3.8) is 0 Å². The first kappa shape index (κ1) is 7.04. The van der Waals surface area contributed by atoms with E-state index in [4.69, 9.17) is 5.73 Å². The molecule has 0 unspecified atom stereocenters. The molecule has 2 heteroatoms. The van der Waals surface area contributed by atoms with Crippen molar-refractivity contribution in [1.29, 1.82) is 0 Å². The van der Waals surface area contributed by atoms with E-state index in [0.29, 0.717) is 5.56 Å². The van der Waals surface area contributed by atoms with Gasteiger partial charge in [0.1, 0.15) is 0 Å². The Kier molecular flexibility index (Phi) is 0.944. The maximum absolute atomic E-state index is 11.0. The number of carbonyl (C=O) groups excluding carboxylic acids is 1. The minimum atomic E-state index is -0.302. The molecule has 1 amide bonds. The highest BCUT2D eigenvalue weighted by Crippen LogP contribution is 2.78. The summed E-state index contributed by atoms with van der Waals surface area (Å²) in [5, 5.41) is 0. The molecule has 0 bridgehead atoms. The molecule has 3 aliphatic rings. The molecule has 4 atom stereocenters. The van der Waals surface area contributed by atoms with Gasteiger partial charge < -0.3 is 5.73 Å². The summed E-state index contributed by atoms with van der Waals surface area (Å²) in [6.45, 7) is 0. The van der Waals surface area contributed by atoms with Crippen molar-refractivity contribution in [1.82, 2.24) is 0 Å². The standard InChI is InChI=1S/C12H11NO/c13-12(14)5-1-2-6-7(3-5)8-4-9-10(6)11(8)9/h1-3,8-11H,4H2,(H2,13,14)/t8-,9-,10+,11-/m0/s1. The largest absolute Gasteiger partial charge is 0.366 e. The molecule has 2 saturated carbocycles. The lowest BCUT2D eigenvalue weighted by Crippen LogP contribution is -2.17. The summed E-state index contributed by atoms with van der Waals surface area (Å²) in [5.74, 6) is 3.24. The third-order valence-electron chi connectivity index (χ3n) is 4.35. The quantitative estimate of drug-likeness (QED) is 0.709. The first-order chi connectivity index (χ1) is 6.77. The van der Waals surface area contributed by atoms with Gasteiger partial charge in [0.05, 0.1) is 0 Å². The van der Waals surface area contributed by atoms with Crippen LogP contribution in [0.5, 0.6) is 0 Å². The Bertz CT molecular complexity index is 465. The zero-order valence-corrected chi connectivity index (χ0v) is 7.73. The monoisotopic (exact) mass is 185 g/mol. The molecule has 1 aromatic rings. The Hall–Kier alpha value is -1.31. The van der Waals surface area contributed by atoms with E-state index in [2.05, 4.69) is 6.07 Å². The minimum absolute atomic E-state index is 0.302. The molecule has 1 aromatic carbocycles. The maximum atomic E-state index is 11.0. The van der Waals surface area contributed by atoms with E-state index >= 15 is 0 Å². The van der Waals surface area contributed by atoms with E-state index < -0.39 is 0 Å². The molecule has 0 aliphatic heterocycles. The highest BCUT2D eigenvalue weighted by molar-refractivity contribution is 5.93. The van der Waals surface area contributed by atoms with E-state index in [0.717, 1.165) is 23.7 Å². The van der Waals surface area contributed by atoms with Gasteiger partial charge in [-0.05, 0) is 53.4 Å². The lowest BCUT2D eigenvalue weighted by atomic mass is 9.78. The van der Waals surface area contributed by atoms with Crippen LogP contribution in [0.3, 0.4) is 0 Å². The van der Waals surface area contributed by atoms with Crippen molar-refractivity contribution in [2.75, 3.05) is 0 Å². The van der Waals surface area contributed by atoms with Crippen LogP contribution >= 0.6 is 0 Å². The number of nitrogens with two attached hydrogens (primary N) is 1. The molecule has 2 N–H and O–H groups in total.